The van der Waals surface area contributed by atoms with Gasteiger partial charge in [0.25, 0.3) is 0 Å². The molecule has 21 heavy (non-hydrogen) atoms. The van der Waals surface area contributed by atoms with Gasteiger partial charge < -0.3 is 10.6 Å². The van der Waals surface area contributed by atoms with Crippen molar-refractivity contribution in [1.29, 1.82) is 0 Å². The van der Waals surface area contributed by atoms with Crippen molar-refractivity contribution < 1.29 is 4.79 Å². The smallest absolute Gasteiger partial charge is 0.226 e. The van der Waals surface area contributed by atoms with Gasteiger partial charge in [0.15, 0.2) is 0 Å². The highest BCUT2D eigenvalue weighted by Gasteiger charge is 2.39. The summed E-state index contributed by atoms with van der Waals surface area (Å²) in [7, 11) is 0. The van der Waals surface area contributed by atoms with Crippen LogP contribution in [0.5, 0.6) is 0 Å². The number of carbonyl (C=O) groups is 1. The highest BCUT2D eigenvalue weighted by atomic mass is 16.2. The Hall–Kier alpha value is -0.610. The zero-order chi connectivity index (χ0) is 15.0. The summed E-state index contributed by atoms with van der Waals surface area (Å²) in [5.74, 6) is 1.14. The van der Waals surface area contributed by atoms with Crippen LogP contribution in [-0.4, -0.2) is 53.5 Å². The number of amides is 1. The van der Waals surface area contributed by atoms with Gasteiger partial charge in [-0.25, -0.2) is 0 Å². The van der Waals surface area contributed by atoms with Gasteiger partial charge in [0.1, 0.15) is 0 Å². The van der Waals surface area contributed by atoms with Crippen molar-refractivity contribution in [2.45, 2.75) is 70.5 Å². The highest BCUT2D eigenvalue weighted by Crippen LogP contribution is 2.32. The number of piperazine rings is 1. The SMILES string of the molecule is CC1CC(N)CC(C(=O)N2CC3CCCCN3CC2C)C1. The molecule has 0 radical (unpaired) electrons. The number of fused-ring (bicyclic) bond motifs is 1. The first-order valence-corrected chi connectivity index (χ1v) is 8.84. The molecule has 3 fully saturated rings. The molecule has 2 saturated heterocycles. The van der Waals surface area contributed by atoms with E-state index in [-0.39, 0.29) is 12.0 Å². The highest BCUT2D eigenvalue weighted by molar-refractivity contribution is 5.79. The summed E-state index contributed by atoms with van der Waals surface area (Å²) in [4.78, 5) is 17.8. The van der Waals surface area contributed by atoms with E-state index < -0.39 is 0 Å². The number of hydrogen-bond acceptors (Lipinski definition) is 3. The minimum atomic E-state index is 0.168. The molecular formula is C17H31N3O. The van der Waals surface area contributed by atoms with Gasteiger partial charge in [0, 0.05) is 37.1 Å². The predicted molar refractivity (Wildman–Crippen MR) is 84.9 cm³/mol. The Bertz CT molecular complexity index is 376. The van der Waals surface area contributed by atoms with Crippen molar-refractivity contribution in [2.24, 2.45) is 17.6 Å². The Kier molecular flexibility index (Phi) is 4.55. The number of nitrogens with two attached hydrogens (primary N) is 1. The van der Waals surface area contributed by atoms with E-state index in [2.05, 4.69) is 23.6 Å². The van der Waals surface area contributed by atoms with Crippen LogP contribution in [0.15, 0.2) is 0 Å². The first-order chi connectivity index (χ1) is 10.0. The maximum atomic E-state index is 13.0. The van der Waals surface area contributed by atoms with Gasteiger partial charge >= 0.3 is 0 Å². The maximum absolute atomic E-state index is 13.0. The standard InChI is InChI=1S/C17H31N3O/c1-12-7-14(9-15(18)8-12)17(21)20-11-16-5-3-4-6-19(16)10-13(20)2/h12-16H,3-11,18H2,1-2H3. The Morgan fingerprint density at radius 1 is 1.10 bits per heavy atom. The van der Waals surface area contributed by atoms with Gasteiger partial charge in [-0.15, -0.1) is 0 Å². The molecule has 0 aromatic rings. The summed E-state index contributed by atoms with van der Waals surface area (Å²) < 4.78 is 0. The molecule has 0 bridgehead atoms. The van der Waals surface area contributed by atoms with Crippen molar-refractivity contribution >= 4 is 5.91 Å². The first-order valence-electron chi connectivity index (χ1n) is 8.84. The molecular weight excluding hydrogens is 262 g/mol. The molecule has 0 aromatic heterocycles. The van der Waals surface area contributed by atoms with E-state index in [4.69, 9.17) is 5.73 Å². The van der Waals surface area contributed by atoms with Crippen LogP contribution in [0.25, 0.3) is 0 Å². The minimum Gasteiger partial charge on any atom is -0.337 e. The molecule has 1 aliphatic carbocycles. The number of carbonyl (C=O) groups excluding carboxylic acids is 1. The van der Waals surface area contributed by atoms with Crippen LogP contribution in [0.4, 0.5) is 0 Å². The van der Waals surface area contributed by atoms with Crippen molar-refractivity contribution in [2.75, 3.05) is 19.6 Å². The van der Waals surface area contributed by atoms with Gasteiger partial charge in [0.05, 0.1) is 0 Å². The summed E-state index contributed by atoms with van der Waals surface area (Å²) >= 11 is 0. The van der Waals surface area contributed by atoms with Crippen LogP contribution in [-0.2, 0) is 4.79 Å². The van der Waals surface area contributed by atoms with Crippen LogP contribution >= 0.6 is 0 Å². The molecule has 5 atom stereocenters. The second-order valence-corrected chi connectivity index (χ2v) is 7.75. The maximum Gasteiger partial charge on any atom is 0.226 e. The molecule has 2 N–H and O–H groups in total. The van der Waals surface area contributed by atoms with Gasteiger partial charge in [-0.1, -0.05) is 13.3 Å². The van der Waals surface area contributed by atoms with E-state index in [1.807, 2.05) is 0 Å². The van der Waals surface area contributed by atoms with Crippen LogP contribution in [0.3, 0.4) is 0 Å². The van der Waals surface area contributed by atoms with Crippen molar-refractivity contribution in [1.82, 2.24) is 9.80 Å². The molecule has 1 saturated carbocycles. The van der Waals surface area contributed by atoms with E-state index >= 15 is 0 Å². The van der Waals surface area contributed by atoms with Gasteiger partial charge in [-0.05, 0) is 51.5 Å². The molecule has 2 heterocycles. The first kappa shape index (κ1) is 15.3. The van der Waals surface area contributed by atoms with Crippen LogP contribution < -0.4 is 5.73 Å². The Labute approximate surface area is 129 Å². The molecule has 2 aliphatic heterocycles. The van der Waals surface area contributed by atoms with Gasteiger partial charge in [0.2, 0.25) is 5.91 Å². The second-order valence-electron chi connectivity index (χ2n) is 7.75. The van der Waals surface area contributed by atoms with Crippen LogP contribution in [0, 0.1) is 11.8 Å². The third kappa shape index (κ3) is 3.26. The van der Waals surface area contributed by atoms with E-state index in [9.17, 15) is 4.79 Å². The van der Waals surface area contributed by atoms with Crippen molar-refractivity contribution in [3.63, 3.8) is 0 Å². The van der Waals surface area contributed by atoms with Crippen LogP contribution in [0.2, 0.25) is 0 Å². The third-order valence-corrected chi connectivity index (χ3v) is 5.80. The molecule has 4 heteroatoms. The number of hydrogen-bond donors (Lipinski definition) is 1. The second kappa shape index (κ2) is 6.25. The van der Waals surface area contributed by atoms with E-state index in [1.54, 1.807) is 0 Å². The van der Waals surface area contributed by atoms with Crippen molar-refractivity contribution in [3.05, 3.63) is 0 Å². The summed E-state index contributed by atoms with van der Waals surface area (Å²) in [6, 6.07) is 1.18. The topological polar surface area (TPSA) is 49.6 Å². The molecule has 120 valence electrons. The summed E-state index contributed by atoms with van der Waals surface area (Å²) in [6.07, 6.45) is 6.91. The average Bonchev–Trinajstić information content (AvgIpc) is 2.44. The lowest BCUT2D eigenvalue weighted by Gasteiger charge is -2.48. The van der Waals surface area contributed by atoms with Crippen LogP contribution in [0.1, 0.15) is 52.4 Å². The molecule has 1 amide bonds. The van der Waals surface area contributed by atoms with E-state index in [0.717, 1.165) is 32.4 Å². The fourth-order valence-electron chi connectivity index (χ4n) is 4.75. The summed E-state index contributed by atoms with van der Waals surface area (Å²) in [5.41, 5.74) is 6.14. The quantitative estimate of drug-likeness (QED) is 0.802. The zero-order valence-corrected chi connectivity index (χ0v) is 13.6. The number of nitrogens with zero attached hydrogens (tertiary/aromatic N) is 2. The van der Waals surface area contributed by atoms with E-state index in [0.29, 0.717) is 23.9 Å². The summed E-state index contributed by atoms with van der Waals surface area (Å²) in [6.45, 7) is 7.68. The monoisotopic (exact) mass is 293 g/mol. The third-order valence-electron chi connectivity index (χ3n) is 5.80. The molecule has 3 rings (SSSR count). The number of rotatable bonds is 1. The molecule has 0 aromatic carbocycles. The lowest BCUT2D eigenvalue weighted by molar-refractivity contribution is -0.144. The Balaban J connectivity index is 1.66. The fraction of sp³-hybridized carbons (Fsp3) is 0.941. The van der Waals surface area contributed by atoms with Gasteiger partial charge in [-0.2, -0.15) is 0 Å². The fourth-order valence-corrected chi connectivity index (χ4v) is 4.75. The average molecular weight is 293 g/mol. The summed E-state index contributed by atoms with van der Waals surface area (Å²) in [5, 5.41) is 0. The van der Waals surface area contributed by atoms with Gasteiger partial charge in [-0.3, -0.25) is 9.69 Å². The predicted octanol–water partition coefficient (Wildman–Crippen LogP) is 1.84. The lowest BCUT2D eigenvalue weighted by atomic mass is 9.78. The largest absolute Gasteiger partial charge is 0.337 e. The Morgan fingerprint density at radius 2 is 1.90 bits per heavy atom. The minimum absolute atomic E-state index is 0.168. The molecule has 3 aliphatic rings. The van der Waals surface area contributed by atoms with Crippen molar-refractivity contribution in [3.8, 4) is 0 Å². The van der Waals surface area contributed by atoms with E-state index in [1.165, 1.54) is 25.8 Å². The lowest BCUT2D eigenvalue weighted by Crippen LogP contribution is -2.61. The molecule has 0 spiro atoms. The number of piperidine rings is 1. The molecule has 4 nitrogen and oxygen atoms in total. The normalized spacial score (nSPS) is 41.7. The molecule has 5 unspecified atom stereocenters. The Morgan fingerprint density at radius 3 is 2.67 bits per heavy atom. The zero-order valence-electron chi connectivity index (χ0n) is 13.6.